The van der Waals surface area contributed by atoms with Crippen molar-refractivity contribution < 1.29 is 24.2 Å². The van der Waals surface area contributed by atoms with E-state index in [-0.39, 0.29) is 41.5 Å². The molecule has 1 aliphatic carbocycles. The lowest BCUT2D eigenvalue weighted by Gasteiger charge is -2.36. The minimum Gasteiger partial charge on any atom is -0.508 e. The summed E-state index contributed by atoms with van der Waals surface area (Å²) in [6, 6.07) is 4.35. The molecule has 1 aliphatic rings. The van der Waals surface area contributed by atoms with Gasteiger partial charge in [-0.25, -0.2) is 4.79 Å². The van der Waals surface area contributed by atoms with Gasteiger partial charge in [0.1, 0.15) is 23.4 Å². The number of benzene rings is 1. The number of alkyl carbamates (subject to hydrolysis) is 1. The van der Waals surface area contributed by atoms with Crippen LogP contribution in [0.4, 0.5) is 4.79 Å². The summed E-state index contributed by atoms with van der Waals surface area (Å²) in [5.74, 6) is -0.482. The molecule has 1 aromatic carbocycles. The van der Waals surface area contributed by atoms with Gasteiger partial charge in [0, 0.05) is 17.6 Å². The molecule has 1 saturated carbocycles. The van der Waals surface area contributed by atoms with Crippen LogP contribution in [-0.2, 0) is 14.3 Å². The minimum atomic E-state index is -1.03. The highest BCUT2D eigenvalue weighted by molar-refractivity contribution is 5.93. The number of carbonyl (C=O) groups is 3. The first-order chi connectivity index (χ1) is 15.7. The molecule has 0 spiro atoms. The number of phenolic OH excluding ortho intramolecular Hbond substituents is 1. The molecule has 4 atom stereocenters. The summed E-state index contributed by atoms with van der Waals surface area (Å²) in [7, 11) is 0. The van der Waals surface area contributed by atoms with Crippen LogP contribution in [0.5, 0.6) is 5.75 Å². The standard InChI is InChI=1S/C26H41N3O5/c1-15(2)13-19(28-25(33)34-26(6,7)8)24(32)29(20-14-17(20)5)22(23(31)27-16(3)4)18-11-9-10-12-21(18)30/h9-12,15-17,19-20,22,30H,13-14H2,1-8H3,(H,27,31)(H,28,33). The van der Waals surface area contributed by atoms with Crippen LogP contribution in [0.2, 0.25) is 0 Å². The van der Waals surface area contributed by atoms with E-state index in [0.717, 1.165) is 6.42 Å². The van der Waals surface area contributed by atoms with E-state index in [4.69, 9.17) is 4.74 Å². The van der Waals surface area contributed by atoms with Gasteiger partial charge in [0.05, 0.1) is 0 Å². The second kappa shape index (κ2) is 11.1. The summed E-state index contributed by atoms with van der Waals surface area (Å²) < 4.78 is 5.40. The highest BCUT2D eigenvalue weighted by atomic mass is 16.6. The van der Waals surface area contributed by atoms with Crippen LogP contribution in [0.3, 0.4) is 0 Å². The quantitative estimate of drug-likeness (QED) is 0.498. The fourth-order valence-electron chi connectivity index (χ4n) is 3.99. The Balaban J connectivity index is 2.49. The Morgan fingerprint density at radius 3 is 2.18 bits per heavy atom. The van der Waals surface area contributed by atoms with Crippen LogP contribution >= 0.6 is 0 Å². The van der Waals surface area contributed by atoms with E-state index < -0.39 is 23.8 Å². The minimum absolute atomic E-state index is 0.0574. The van der Waals surface area contributed by atoms with Crippen LogP contribution in [0.1, 0.15) is 79.8 Å². The predicted octanol–water partition coefficient (Wildman–Crippen LogP) is 4.13. The fraction of sp³-hybridized carbons (Fsp3) is 0.654. The van der Waals surface area contributed by atoms with Crippen LogP contribution in [0, 0.1) is 11.8 Å². The normalized spacial score (nSPS) is 19.4. The Morgan fingerprint density at radius 1 is 1.12 bits per heavy atom. The van der Waals surface area contributed by atoms with Gasteiger partial charge in [-0.15, -0.1) is 0 Å². The third kappa shape index (κ3) is 7.64. The van der Waals surface area contributed by atoms with Gasteiger partial charge >= 0.3 is 6.09 Å². The average Bonchev–Trinajstić information content (AvgIpc) is 3.39. The number of para-hydroxylation sites is 1. The molecule has 0 radical (unpaired) electrons. The van der Waals surface area contributed by atoms with Gasteiger partial charge in [0.2, 0.25) is 11.8 Å². The van der Waals surface area contributed by atoms with Crippen molar-refractivity contribution in [1.29, 1.82) is 0 Å². The molecule has 190 valence electrons. The van der Waals surface area contributed by atoms with Crippen molar-refractivity contribution in [1.82, 2.24) is 15.5 Å². The number of carbonyl (C=O) groups excluding carboxylic acids is 3. The van der Waals surface area contributed by atoms with Crippen molar-refractivity contribution in [3.63, 3.8) is 0 Å². The van der Waals surface area contributed by atoms with Crippen molar-refractivity contribution in [2.75, 3.05) is 0 Å². The molecule has 3 amide bonds. The van der Waals surface area contributed by atoms with E-state index in [9.17, 15) is 19.5 Å². The zero-order chi connectivity index (χ0) is 25.8. The first-order valence-corrected chi connectivity index (χ1v) is 12.1. The predicted molar refractivity (Wildman–Crippen MR) is 131 cm³/mol. The molecule has 8 heteroatoms. The van der Waals surface area contributed by atoms with E-state index >= 15 is 0 Å². The third-order valence-corrected chi connectivity index (χ3v) is 5.56. The van der Waals surface area contributed by atoms with E-state index in [1.54, 1.807) is 43.9 Å². The number of phenols is 1. The number of aromatic hydroxyl groups is 1. The number of hydrogen-bond donors (Lipinski definition) is 3. The van der Waals surface area contributed by atoms with Gasteiger partial charge in [0.15, 0.2) is 0 Å². The lowest BCUT2D eigenvalue weighted by molar-refractivity contribution is -0.144. The van der Waals surface area contributed by atoms with Crippen molar-refractivity contribution in [2.45, 2.75) is 98.0 Å². The molecule has 0 saturated heterocycles. The van der Waals surface area contributed by atoms with E-state index in [1.807, 2.05) is 34.6 Å². The molecule has 0 heterocycles. The van der Waals surface area contributed by atoms with Gasteiger partial charge in [-0.1, -0.05) is 39.0 Å². The Labute approximate surface area is 203 Å². The Kier molecular flexibility index (Phi) is 8.97. The molecule has 1 fully saturated rings. The Morgan fingerprint density at radius 2 is 1.71 bits per heavy atom. The van der Waals surface area contributed by atoms with E-state index in [2.05, 4.69) is 10.6 Å². The van der Waals surface area contributed by atoms with Crippen LogP contribution in [0.25, 0.3) is 0 Å². The molecule has 34 heavy (non-hydrogen) atoms. The first-order valence-electron chi connectivity index (χ1n) is 12.1. The number of hydrogen-bond acceptors (Lipinski definition) is 5. The molecule has 8 nitrogen and oxygen atoms in total. The molecule has 0 aromatic heterocycles. The Hall–Kier alpha value is -2.77. The zero-order valence-electron chi connectivity index (χ0n) is 21.7. The zero-order valence-corrected chi connectivity index (χ0v) is 21.7. The molecular formula is C26H41N3O5. The Bertz CT molecular complexity index is 877. The van der Waals surface area contributed by atoms with Crippen molar-refractivity contribution in [3.8, 4) is 5.75 Å². The summed E-state index contributed by atoms with van der Waals surface area (Å²) >= 11 is 0. The highest BCUT2D eigenvalue weighted by Gasteiger charge is 2.48. The number of rotatable bonds is 9. The van der Waals surface area contributed by atoms with Gasteiger partial charge < -0.3 is 25.4 Å². The lowest BCUT2D eigenvalue weighted by atomic mass is 9.98. The second-order valence-corrected chi connectivity index (χ2v) is 11.0. The van der Waals surface area contributed by atoms with Crippen molar-refractivity contribution in [3.05, 3.63) is 29.8 Å². The largest absolute Gasteiger partial charge is 0.508 e. The fourth-order valence-corrected chi connectivity index (χ4v) is 3.99. The van der Waals surface area contributed by atoms with Gasteiger partial charge in [-0.3, -0.25) is 9.59 Å². The summed E-state index contributed by atoms with van der Waals surface area (Å²) in [4.78, 5) is 41.6. The second-order valence-electron chi connectivity index (χ2n) is 11.0. The molecule has 3 N–H and O–H groups in total. The van der Waals surface area contributed by atoms with Gasteiger partial charge in [-0.05, 0) is 65.4 Å². The maximum atomic E-state index is 14.0. The average molecular weight is 476 g/mol. The van der Waals surface area contributed by atoms with Gasteiger partial charge in [-0.2, -0.15) is 0 Å². The molecule has 4 unspecified atom stereocenters. The number of ether oxygens (including phenoxy) is 1. The summed E-state index contributed by atoms with van der Waals surface area (Å²) in [6.45, 7) is 14.9. The molecular weight excluding hydrogens is 434 g/mol. The molecule has 1 aromatic rings. The topological polar surface area (TPSA) is 108 Å². The SMILES string of the molecule is CC(C)CC(NC(=O)OC(C)(C)C)C(=O)N(C(C(=O)NC(C)C)c1ccccc1O)C1CC1C. The first kappa shape index (κ1) is 27.5. The molecule has 0 aliphatic heterocycles. The number of nitrogens with one attached hydrogen (secondary N) is 2. The molecule has 2 rings (SSSR count). The monoisotopic (exact) mass is 475 g/mol. The molecule has 0 bridgehead atoms. The summed E-state index contributed by atoms with van der Waals surface area (Å²) in [5, 5.41) is 16.2. The van der Waals surface area contributed by atoms with Crippen LogP contribution in [-0.4, -0.2) is 51.6 Å². The van der Waals surface area contributed by atoms with Crippen LogP contribution < -0.4 is 10.6 Å². The van der Waals surface area contributed by atoms with E-state index in [1.165, 1.54) is 6.07 Å². The van der Waals surface area contributed by atoms with E-state index in [0.29, 0.717) is 12.0 Å². The maximum Gasteiger partial charge on any atom is 0.408 e. The van der Waals surface area contributed by atoms with Crippen molar-refractivity contribution in [2.24, 2.45) is 11.8 Å². The maximum absolute atomic E-state index is 14.0. The van der Waals surface area contributed by atoms with Crippen molar-refractivity contribution >= 4 is 17.9 Å². The number of amides is 3. The number of nitrogens with zero attached hydrogens (tertiary/aromatic N) is 1. The lowest BCUT2D eigenvalue weighted by Crippen LogP contribution is -2.54. The smallest absolute Gasteiger partial charge is 0.408 e. The summed E-state index contributed by atoms with van der Waals surface area (Å²) in [6.07, 6.45) is 0.446. The summed E-state index contributed by atoms with van der Waals surface area (Å²) in [5.41, 5.74) is -0.357. The highest BCUT2D eigenvalue weighted by Crippen LogP contribution is 2.42. The van der Waals surface area contributed by atoms with Gasteiger partial charge in [0.25, 0.3) is 0 Å². The third-order valence-electron chi connectivity index (χ3n) is 5.56. The van der Waals surface area contributed by atoms with Crippen LogP contribution in [0.15, 0.2) is 24.3 Å².